The van der Waals surface area contributed by atoms with Gasteiger partial charge in [-0.05, 0) is 5.56 Å². The third-order valence-corrected chi connectivity index (χ3v) is 3.89. The van der Waals surface area contributed by atoms with Crippen molar-refractivity contribution in [2.24, 2.45) is 5.73 Å². The molecule has 84 valence electrons. The molecule has 0 aliphatic rings. The molecule has 0 fully saturated rings. The van der Waals surface area contributed by atoms with Gasteiger partial charge >= 0.3 is 0 Å². The smallest absolute Gasteiger partial charge is 0.207 e. The Morgan fingerprint density at radius 3 is 2.47 bits per heavy atom. The van der Waals surface area contributed by atoms with Crippen molar-refractivity contribution in [2.75, 3.05) is 12.7 Å². The van der Waals surface area contributed by atoms with E-state index in [1.165, 1.54) is 0 Å². The number of aliphatic hydroxyl groups excluding tert-OH is 1. The Bertz CT molecular complexity index is 342. The van der Waals surface area contributed by atoms with Crippen molar-refractivity contribution >= 4 is 7.37 Å². The second-order valence-corrected chi connectivity index (χ2v) is 5.94. The minimum Gasteiger partial charge on any atom is -0.391 e. The Labute approximate surface area is 89.2 Å². The predicted octanol–water partition coefficient (Wildman–Crippen LogP) is 0.777. The Balaban J connectivity index is 2.61. The van der Waals surface area contributed by atoms with E-state index in [1.54, 1.807) is 12.1 Å². The molecule has 1 aromatic carbocycles. The standard InChI is InChI=1S/C10H16NO3P/c11-6-10(12)8-15(13,14)7-9-4-2-1-3-5-9/h1-5,10,12H,6-8,11H2,(H,13,14)/t10-/m0/s1. The zero-order valence-electron chi connectivity index (χ0n) is 8.41. The summed E-state index contributed by atoms with van der Waals surface area (Å²) in [5, 5.41) is 9.21. The van der Waals surface area contributed by atoms with E-state index in [-0.39, 0.29) is 18.9 Å². The molecule has 15 heavy (non-hydrogen) atoms. The van der Waals surface area contributed by atoms with E-state index >= 15 is 0 Å². The lowest BCUT2D eigenvalue weighted by Gasteiger charge is -2.14. The molecule has 0 spiro atoms. The fraction of sp³-hybridized carbons (Fsp3) is 0.400. The molecular weight excluding hydrogens is 213 g/mol. The average molecular weight is 229 g/mol. The average Bonchev–Trinajstić information content (AvgIpc) is 2.17. The van der Waals surface area contributed by atoms with Crippen LogP contribution in [-0.2, 0) is 10.7 Å². The Morgan fingerprint density at radius 2 is 1.93 bits per heavy atom. The van der Waals surface area contributed by atoms with Gasteiger partial charge in [-0.3, -0.25) is 4.57 Å². The van der Waals surface area contributed by atoms with E-state index in [9.17, 15) is 14.6 Å². The van der Waals surface area contributed by atoms with Crippen LogP contribution < -0.4 is 5.73 Å². The highest BCUT2D eigenvalue weighted by Gasteiger charge is 2.22. The Morgan fingerprint density at radius 1 is 1.33 bits per heavy atom. The minimum atomic E-state index is -3.32. The molecule has 0 aliphatic carbocycles. The molecule has 0 saturated carbocycles. The van der Waals surface area contributed by atoms with Gasteiger partial charge in [-0.1, -0.05) is 30.3 Å². The summed E-state index contributed by atoms with van der Waals surface area (Å²) in [6.07, 6.45) is -0.951. The van der Waals surface area contributed by atoms with E-state index in [2.05, 4.69) is 0 Å². The van der Waals surface area contributed by atoms with E-state index in [4.69, 9.17) is 5.73 Å². The SMILES string of the molecule is NC[C@H](O)CP(=O)(O)Cc1ccccc1. The van der Waals surface area contributed by atoms with Gasteiger partial charge in [0.15, 0.2) is 0 Å². The zero-order valence-corrected chi connectivity index (χ0v) is 9.31. The van der Waals surface area contributed by atoms with Crippen LogP contribution in [0.25, 0.3) is 0 Å². The first-order valence-electron chi connectivity index (χ1n) is 4.76. The van der Waals surface area contributed by atoms with Crippen LogP contribution in [0.5, 0.6) is 0 Å². The summed E-state index contributed by atoms with van der Waals surface area (Å²) < 4.78 is 11.7. The summed E-state index contributed by atoms with van der Waals surface area (Å²) >= 11 is 0. The molecule has 4 nitrogen and oxygen atoms in total. The van der Waals surface area contributed by atoms with Crippen LogP contribution in [-0.4, -0.2) is 28.8 Å². The quantitative estimate of drug-likeness (QED) is 0.651. The molecule has 0 radical (unpaired) electrons. The van der Waals surface area contributed by atoms with E-state index < -0.39 is 13.5 Å². The van der Waals surface area contributed by atoms with Crippen molar-refractivity contribution in [2.45, 2.75) is 12.3 Å². The molecular formula is C10H16NO3P. The Kier molecular flexibility index (Phi) is 4.48. The van der Waals surface area contributed by atoms with Crippen LogP contribution in [0.15, 0.2) is 30.3 Å². The van der Waals surface area contributed by atoms with Crippen LogP contribution >= 0.6 is 7.37 Å². The fourth-order valence-corrected chi connectivity index (χ4v) is 3.06. The second kappa shape index (κ2) is 5.42. The third-order valence-electron chi connectivity index (χ3n) is 2.04. The molecule has 0 heterocycles. The molecule has 2 atom stereocenters. The number of aliphatic hydroxyl groups is 1. The van der Waals surface area contributed by atoms with Crippen LogP contribution in [0, 0.1) is 0 Å². The van der Waals surface area contributed by atoms with Gasteiger partial charge in [0.25, 0.3) is 0 Å². The molecule has 1 aromatic rings. The van der Waals surface area contributed by atoms with Gasteiger partial charge in [0.1, 0.15) is 0 Å². The molecule has 4 N–H and O–H groups in total. The number of rotatable bonds is 5. The first kappa shape index (κ1) is 12.4. The number of benzene rings is 1. The van der Waals surface area contributed by atoms with Gasteiger partial charge in [0.05, 0.1) is 12.3 Å². The van der Waals surface area contributed by atoms with Gasteiger partial charge in [-0.2, -0.15) is 0 Å². The van der Waals surface area contributed by atoms with Gasteiger partial charge in [-0.15, -0.1) is 0 Å². The van der Waals surface area contributed by atoms with Gasteiger partial charge in [-0.25, -0.2) is 0 Å². The second-order valence-electron chi connectivity index (χ2n) is 3.56. The zero-order chi connectivity index (χ0) is 11.3. The highest BCUT2D eigenvalue weighted by Crippen LogP contribution is 2.44. The molecule has 5 heteroatoms. The van der Waals surface area contributed by atoms with Crippen LogP contribution in [0.1, 0.15) is 5.56 Å². The van der Waals surface area contributed by atoms with Crippen molar-refractivity contribution in [1.29, 1.82) is 0 Å². The van der Waals surface area contributed by atoms with Crippen molar-refractivity contribution in [3.8, 4) is 0 Å². The van der Waals surface area contributed by atoms with E-state index in [0.717, 1.165) is 5.56 Å². The lowest BCUT2D eigenvalue weighted by molar-refractivity contribution is 0.202. The van der Waals surface area contributed by atoms with E-state index in [0.29, 0.717) is 0 Å². The fourth-order valence-electron chi connectivity index (χ4n) is 1.34. The summed E-state index contributed by atoms with van der Waals surface area (Å²) in [6, 6.07) is 9.05. The first-order valence-corrected chi connectivity index (χ1v) is 6.79. The molecule has 0 amide bonds. The van der Waals surface area contributed by atoms with Crippen molar-refractivity contribution in [3.63, 3.8) is 0 Å². The highest BCUT2D eigenvalue weighted by molar-refractivity contribution is 7.57. The van der Waals surface area contributed by atoms with Gasteiger partial charge in [0, 0.05) is 12.7 Å². The maximum atomic E-state index is 11.7. The first-order chi connectivity index (χ1) is 7.03. The van der Waals surface area contributed by atoms with Crippen molar-refractivity contribution in [1.82, 2.24) is 0 Å². The van der Waals surface area contributed by atoms with Gasteiger partial charge in [0.2, 0.25) is 7.37 Å². The largest absolute Gasteiger partial charge is 0.391 e. The molecule has 0 saturated heterocycles. The van der Waals surface area contributed by atoms with E-state index in [1.807, 2.05) is 18.2 Å². The number of hydrogen-bond acceptors (Lipinski definition) is 3. The lowest BCUT2D eigenvalue weighted by Crippen LogP contribution is -2.23. The van der Waals surface area contributed by atoms with Crippen molar-refractivity contribution < 1.29 is 14.6 Å². The number of hydrogen-bond donors (Lipinski definition) is 3. The Hall–Kier alpha value is -0.670. The molecule has 0 aromatic heterocycles. The monoisotopic (exact) mass is 229 g/mol. The van der Waals surface area contributed by atoms with Crippen molar-refractivity contribution in [3.05, 3.63) is 35.9 Å². The molecule has 1 unspecified atom stereocenters. The van der Waals surface area contributed by atoms with Gasteiger partial charge < -0.3 is 15.7 Å². The lowest BCUT2D eigenvalue weighted by atomic mass is 10.2. The summed E-state index contributed by atoms with van der Waals surface area (Å²) in [5.41, 5.74) is 5.99. The summed E-state index contributed by atoms with van der Waals surface area (Å²) in [4.78, 5) is 9.61. The molecule has 0 aliphatic heterocycles. The third kappa shape index (κ3) is 4.58. The maximum Gasteiger partial charge on any atom is 0.207 e. The predicted molar refractivity (Wildman–Crippen MR) is 59.9 cm³/mol. The minimum absolute atomic E-state index is 0.0132. The maximum absolute atomic E-state index is 11.7. The summed E-state index contributed by atoms with van der Waals surface area (Å²) in [5.74, 6) is 0. The normalized spacial score (nSPS) is 17.0. The van der Waals surface area contributed by atoms with Crippen LogP contribution in [0.2, 0.25) is 0 Å². The summed E-state index contributed by atoms with van der Waals surface area (Å²) in [6.45, 7) is 0.0132. The molecule has 0 bridgehead atoms. The molecule has 1 rings (SSSR count). The summed E-state index contributed by atoms with van der Waals surface area (Å²) in [7, 11) is -3.32. The number of nitrogens with two attached hydrogens (primary N) is 1. The topological polar surface area (TPSA) is 83.5 Å². The highest BCUT2D eigenvalue weighted by atomic mass is 31.2. The van der Waals surface area contributed by atoms with Crippen LogP contribution in [0.4, 0.5) is 0 Å². The van der Waals surface area contributed by atoms with Crippen LogP contribution in [0.3, 0.4) is 0 Å².